The Morgan fingerprint density at radius 2 is 2.11 bits per heavy atom. The maximum Gasteiger partial charge on any atom is 0.199 e. The third-order valence-corrected chi connectivity index (χ3v) is 6.47. The second-order valence-corrected chi connectivity index (χ2v) is 8.45. The van der Waals surface area contributed by atoms with E-state index in [1.807, 2.05) is 0 Å². The monoisotopic (exact) mass is 354 g/mol. The Morgan fingerprint density at radius 1 is 1.19 bits per heavy atom. The largest absolute Gasteiger partial charge is 0.393 e. The van der Waals surface area contributed by atoms with Crippen LogP contribution in [0.3, 0.4) is 0 Å². The van der Waals surface area contributed by atoms with Crippen LogP contribution >= 0.6 is 0 Å². The van der Waals surface area contributed by atoms with Crippen LogP contribution in [0.4, 0.5) is 0 Å². The van der Waals surface area contributed by atoms with E-state index in [-0.39, 0.29) is 0 Å². The highest BCUT2D eigenvalue weighted by atomic mass is 14.9. The number of hydrogen-bond donors (Lipinski definition) is 2. The molecule has 2 nitrogen and oxygen atoms in total. The van der Waals surface area contributed by atoms with Crippen molar-refractivity contribution in [2.45, 2.75) is 45.0 Å². The third-order valence-electron chi connectivity index (χ3n) is 6.47. The van der Waals surface area contributed by atoms with Crippen molar-refractivity contribution in [2.24, 2.45) is 0 Å². The van der Waals surface area contributed by atoms with Crippen molar-refractivity contribution >= 4 is 12.3 Å². The van der Waals surface area contributed by atoms with Crippen molar-refractivity contribution in [2.75, 3.05) is 6.54 Å². The average molecular weight is 354 g/mol. The number of rotatable bonds is 3. The summed E-state index contributed by atoms with van der Waals surface area (Å²) in [6.45, 7) is 9.04. The Balaban J connectivity index is 1.35. The van der Waals surface area contributed by atoms with Gasteiger partial charge in [0.15, 0.2) is 6.71 Å². The van der Waals surface area contributed by atoms with E-state index in [0.717, 1.165) is 38.7 Å². The molecule has 0 fully saturated rings. The molecule has 0 bridgehead atoms. The summed E-state index contributed by atoms with van der Waals surface area (Å²) in [7, 11) is 0. The van der Waals surface area contributed by atoms with Crippen LogP contribution in [-0.2, 0) is 32.1 Å². The first-order valence-electron chi connectivity index (χ1n) is 10.2. The van der Waals surface area contributed by atoms with Crippen LogP contribution in [0.25, 0.3) is 5.57 Å². The summed E-state index contributed by atoms with van der Waals surface area (Å²) in [6, 6.07) is 13.8. The lowest BCUT2D eigenvalue weighted by Gasteiger charge is -2.28. The minimum absolute atomic E-state index is 0.548. The lowest BCUT2D eigenvalue weighted by Crippen LogP contribution is -2.42. The highest BCUT2D eigenvalue weighted by Gasteiger charge is 2.35. The Kier molecular flexibility index (Phi) is 4.20. The van der Waals surface area contributed by atoms with Gasteiger partial charge in [0, 0.05) is 24.6 Å². The second kappa shape index (κ2) is 6.72. The first kappa shape index (κ1) is 16.9. The fourth-order valence-corrected chi connectivity index (χ4v) is 5.08. The second-order valence-electron chi connectivity index (χ2n) is 8.45. The average Bonchev–Trinajstić information content (AvgIpc) is 3.06. The van der Waals surface area contributed by atoms with E-state index in [4.69, 9.17) is 0 Å². The summed E-state index contributed by atoms with van der Waals surface area (Å²) in [4.78, 5) is 0. The normalized spacial score (nSPS) is 20.3. The predicted octanol–water partition coefficient (Wildman–Crippen LogP) is 3.67. The van der Waals surface area contributed by atoms with Crippen LogP contribution in [0.15, 0.2) is 54.6 Å². The number of allylic oxidation sites excluding steroid dienone is 2. The van der Waals surface area contributed by atoms with Crippen molar-refractivity contribution in [3.63, 3.8) is 0 Å². The quantitative estimate of drug-likeness (QED) is 0.822. The molecular weight excluding hydrogens is 327 g/mol. The highest BCUT2D eigenvalue weighted by molar-refractivity contribution is 6.67. The molecule has 0 radical (unpaired) electrons. The highest BCUT2D eigenvalue weighted by Crippen LogP contribution is 2.31. The molecule has 3 heterocycles. The fourth-order valence-electron chi connectivity index (χ4n) is 5.08. The molecule has 2 aromatic rings. The Labute approximate surface area is 162 Å². The molecule has 1 atom stereocenters. The molecule has 136 valence electrons. The van der Waals surface area contributed by atoms with Crippen LogP contribution in [0, 0.1) is 0 Å². The number of benzene rings is 2. The molecule has 2 aromatic carbocycles. The van der Waals surface area contributed by atoms with E-state index >= 15 is 0 Å². The molecular formula is C24H27BN2. The Bertz CT molecular complexity index is 943. The zero-order chi connectivity index (χ0) is 18.4. The van der Waals surface area contributed by atoms with E-state index in [0.29, 0.717) is 12.7 Å². The molecule has 0 amide bonds. The van der Waals surface area contributed by atoms with Gasteiger partial charge < -0.3 is 10.6 Å². The molecule has 0 saturated carbocycles. The summed E-state index contributed by atoms with van der Waals surface area (Å²) in [6.07, 6.45) is 4.43. The van der Waals surface area contributed by atoms with Gasteiger partial charge in [0.1, 0.15) is 0 Å². The summed E-state index contributed by atoms with van der Waals surface area (Å²) in [5, 5.41) is 7.32. The van der Waals surface area contributed by atoms with E-state index in [2.05, 4.69) is 66.5 Å². The minimum Gasteiger partial charge on any atom is -0.393 e. The van der Waals surface area contributed by atoms with Gasteiger partial charge in [-0.2, -0.15) is 0 Å². The smallest absolute Gasteiger partial charge is 0.199 e. The van der Waals surface area contributed by atoms with Gasteiger partial charge in [-0.25, -0.2) is 0 Å². The summed E-state index contributed by atoms with van der Waals surface area (Å²) < 4.78 is 0. The van der Waals surface area contributed by atoms with E-state index in [1.54, 1.807) is 0 Å². The van der Waals surface area contributed by atoms with E-state index in [1.165, 1.54) is 44.7 Å². The lowest BCUT2D eigenvalue weighted by atomic mass is 9.39. The van der Waals surface area contributed by atoms with Gasteiger partial charge >= 0.3 is 0 Å². The molecule has 5 rings (SSSR count). The van der Waals surface area contributed by atoms with Gasteiger partial charge in [-0.15, -0.1) is 0 Å². The molecule has 3 aliphatic rings. The van der Waals surface area contributed by atoms with Gasteiger partial charge in [0.2, 0.25) is 0 Å². The summed E-state index contributed by atoms with van der Waals surface area (Å²) in [5.74, 6) is 3.05. The molecule has 27 heavy (non-hydrogen) atoms. The van der Waals surface area contributed by atoms with Crippen molar-refractivity contribution < 1.29 is 0 Å². The van der Waals surface area contributed by atoms with Crippen molar-refractivity contribution in [3.8, 4) is 0 Å². The van der Waals surface area contributed by atoms with Gasteiger partial charge in [-0.3, -0.25) is 0 Å². The number of hydrogen-bond acceptors (Lipinski definition) is 2. The minimum atomic E-state index is 0.548. The summed E-state index contributed by atoms with van der Waals surface area (Å²) >= 11 is 0. The van der Waals surface area contributed by atoms with Crippen LogP contribution in [-0.4, -0.2) is 19.2 Å². The van der Waals surface area contributed by atoms with Gasteiger partial charge in [0.05, 0.1) is 0 Å². The molecule has 1 unspecified atom stereocenters. The molecule has 2 N–H and O–H groups in total. The molecule has 0 spiro atoms. The van der Waals surface area contributed by atoms with Gasteiger partial charge in [-0.1, -0.05) is 54.5 Å². The fraction of sp³-hybridized carbons (Fsp3) is 0.333. The molecule has 3 aliphatic heterocycles. The van der Waals surface area contributed by atoms with E-state index < -0.39 is 0 Å². The number of nitrogens with one attached hydrogen (secondary N) is 2. The van der Waals surface area contributed by atoms with E-state index in [9.17, 15) is 0 Å². The maximum absolute atomic E-state index is 4.19. The first-order chi connectivity index (χ1) is 13.2. The third kappa shape index (κ3) is 3.15. The lowest BCUT2D eigenvalue weighted by molar-refractivity contribution is 0.642. The van der Waals surface area contributed by atoms with Crippen LogP contribution < -0.4 is 10.6 Å². The van der Waals surface area contributed by atoms with Crippen molar-refractivity contribution in [1.82, 2.24) is 10.6 Å². The zero-order valence-electron chi connectivity index (χ0n) is 16.1. The Morgan fingerprint density at radius 3 is 3.00 bits per heavy atom. The topological polar surface area (TPSA) is 24.1 Å². The van der Waals surface area contributed by atoms with Gasteiger partial charge in [-0.05, 0) is 66.0 Å². The van der Waals surface area contributed by atoms with Crippen LogP contribution in [0.5, 0.6) is 0 Å². The van der Waals surface area contributed by atoms with Crippen molar-refractivity contribution in [3.05, 3.63) is 88.0 Å². The predicted molar refractivity (Wildman–Crippen MR) is 115 cm³/mol. The molecule has 0 saturated heterocycles. The Hall–Kier alpha value is -2.26. The number of fused-ring (bicyclic) bond motifs is 3. The van der Waals surface area contributed by atoms with Crippen LogP contribution in [0.2, 0.25) is 0 Å². The standard InChI is InChI=1S/C24H27BN2/c1-16(2)22-5-3-4-19-12-24-25(14-23(19)22)13-21(27-24)11-17-6-7-18-8-9-26-15-20(18)10-17/h3-7,10,13,24,26-27H,1,8-9,11-12,14-15H2,2H3. The van der Waals surface area contributed by atoms with Gasteiger partial charge in [0.25, 0.3) is 0 Å². The van der Waals surface area contributed by atoms with Crippen molar-refractivity contribution in [1.29, 1.82) is 0 Å². The molecule has 0 aliphatic carbocycles. The van der Waals surface area contributed by atoms with Crippen LogP contribution in [0.1, 0.15) is 40.3 Å². The zero-order valence-corrected chi connectivity index (χ0v) is 16.1. The first-order valence-corrected chi connectivity index (χ1v) is 10.2. The SMILES string of the molecule is C=C(C)c1cccc2c1CB1C=C(Cc3ccc4c(c3)CNCC4)NC1C2. The summed E-state index contributed by atoms with van der Waals surface area (Å²) in [5.41, 5.74) is 11.4. The molecule has 3 heteroatoms. The molecule has 0 aromatic heterocycles. The maximum atomic E-state index is 4.19.